The molecule has 2 N–H and O–H groups in total. The number of Topliss-reactive ketones (excluding diaryl/α,β-unsaturated/α-hetero) is 1. The standard InChI is InChI=1S/C26H42O4/c1-4-5-6-7-8-9-10-11-12-13-14-15-16-17-18-19-22(27)25-24(30-3)20-23(28)21(2)26(25)29/h11-12,20,28-29H,4-10,13-19H2,1-3H3/b12-11-. The van der Waals surface area contributed by atoms with E-state index in [1.807, 2.05) is 0 Å². The van der Waals surface area contributed by atoms with E-state index in [4.69, 9.17) is 4.74 Å². The number of aromatic hydroxyl groups is 2. The lowest BCUT2D eigenvalue weighted by molar-refractivity contribution is 0.0973. The molecule has 170 valence electrons. The molecule has 4 nitrogen and oxygen atoms in total. The second-order valence-corrected chi connectivity index (χ2v) is 8.20. The van der Waals surface area contributed by atoms with Crippen molar-refractivity contribution in [2.24, 2.45) is 0 Å². The van der Waals surface area contributed by atoms with Crippen LogP contribution in [-0.2, 0) is 0 Å². The highest BCUT2D eigenvalue weighted by Crippen LogP contribution is 2.38. The van der Waals surface area contributed by atoms with Crippen molar-refractivity contribution >= 4 is 5.78 Å². The second kappa shape index (κ2) is 15.8. The summed E-state index contributed by atoms with van der Waals surface area (Å²) in [5.74, 6) is -0.148. The SMILES string of the molecule is CCCCCCCC/C=C\CCCCCCCC(=O)c1c(OC)cc(O)c(C)c1O. The molecule has 0 aliphatic heterocycles. The van der Waals surface area contributed by atoms with Gasteiger partial charge in [-0.05, 0) is 39.0 Å². The van der Waals surface area contributed by atoms with Gasteiger partial charge in [-0.15, -0.1) is 0 Å². The van der Waals surface area contributed by atoms with E-state index in [9.17, 15) is 15.0 Å². The third kappa shape index (κ3) is 9.69. The fourth-order valence-corrected chi connectivity index (χ4v) is 3.64. The topological polar surface area (TPSA) is 66.8 Å². The smallest absolute Gasteiger partial charge is 0.170 e. The van der Waals surface area contributed by atoms with Crippen molar-refractivity contribution in [1.82, 2.24) is 0 Å². The predicted octanol–water partition coefficient (Wildman–Crippen LogP) is 7.64. The van der Waals surface area contributed by atoms with Gasteiger partial charge >= 0.3 is 0 Å². The number of carbonyl (C=O) groups excluding carboxylic acids is 1. The fraction of sp³-hybridized carbons (Fsp3) is 0.654. The molecule has 0 amide bonds. The van der Waals surface area contributed by atoms with Crippen LogP contribution in [0.3, 0.4) is 0 Å². The highest BCUT2D eigenvalue weighted by Gasteiger charge is 2.21. The second-order valence-electron chi connectivity index (χ2n) is 8.20. The molecule has 0 aliphatic carbocycles. The summed E-state index contributed by atoms with van der Waals surface area (Å²) in [6, 6.07) is 1.39. The average molecular weight is 419 g/mol. The number of phenols is 2. The van der Waals surface area contributed by atoms with Gasteiger partial charge in [-0.1, -0.05) is 70.4 Å². The van der Waals surface area contributed by atoms with Crippen LogP contribution in [0.15, 0.2) is 18.2 Å². The molecule has 1 rings (SSSR count). The number of hydrogen-bond donors (Lipinski definition) is 2. The number of phenolic OH excluding ortho intramolecular Hbond substituents is 2. The maximum absolute atomic E-state index is 12.5. The van der Waals surface area contributed by atoms with Crippen LogP contribution >= 0.6 is 0 Å². The van der Waals surface area contributed by atoms with Gasteiger partial charge in [-0.2, -0.15) is 0 Å². The van der Waals surface area contributed by atoms with E-state index in [-0.39, 0.29) is 28.6 Å². The molecule has 0 unspecified atom stereocenters. The largest absolute Gasteiger partial charge is 0.507 e. The Kier molecular flexibility index (Phi) is 13.7. The van der Waals surface area contributed by atoms with Gasteiger partial charge in [0.25, 0.3) is 0 Å². The van der Waals surface area contributed by atoms with Crippen molar-refractivity contribution < 1.29 is 19.7 Å². The van der Waals surface area contributed by atoms with Gasteiger partial charge in [0.05, 0.1) is 7.11 Å². The molecule has 0 saturated carbocycles. The van der Waals surface area contributed by atoms with E-state index in [2.05, 4.69) is 19.1 Å². The van der Waals surface area contributed by atoms with E-state index in [0.29, 0.717) is 12.0 Å². The van der Waals surface area contributed by atoms with Crippen LogP contribution in [-0.4, -0.2) is 23.1 Å². The van der Waals surface area contributed by atoms with Crippen molar-refractivity contribution in [3.05, 3.63) is 29.3 Å². The molecule has 4 heteroatoms. The predicted molar refractivity (Wildman–Crippen MR) is 125 cm³/mol. The Morgan fingerprint density at radius 2 is 1.43 bits per heavy atom. The summed E-state index contributed by atoms with van der Waals surface area (Å²) >= 11 is 0. The van der Waals surface area contributed by atoms with E-state index >= 15 is 0 Å². The fourth-order valence-electron chi connectivity index (χ4n) is 3.64. The van der Waals surface area contributed by atoms with Crippen LogP contribution in [0.5, 0.6) is 17.2 Å². The summed E-state index contributed by atoms with van der Waals surface area (Å²) in [6.45, 7) is 3.84. The molecule has 0 heterocycles. The van der Waals surface area contributed by atoms with Crippen LogP contribution in [0.25, 0.3) is 0 Å². The quantitative estimate of drug-likeness (QED) is 0.155. The van der Waals surface area contributed by atoms with Crippen molar-refractivity contribution in [3.63, 3.8) is 0 Å². The maximum atomic E-state index is 12.5. The van der Waals surface area contributed by atoms with Gasteiger partial charge in [-0.25, -0.2) is 0 Å². The molecule has 1 aromatic carbocycles. The number of benzene rings is 1. The summed E-state index contributed by atoms with van der Waals surface area (Å²) < 4.78 is 5.16. The van der Waals surface area contributed by atoms with Crippen molar-refractivity contribution in [3.8, 4) is 17.2 Å². The zero-order valence-corrected chi connectivity index (χ0v) is 19.3. The highest BCUT2D eigenvalue weighted by atomic mass is 16.5. The molecular formula is C26H42O4. The first-order chi connectivity index (χ1) is 14.5. The van der Waals surface area contributed by atoms with Gasteiger partial charge in [-0.3, -0.25) is 4.79 Å². The number of unbranched alkanes of at least 4 members (excludes halogenated alkanes) is 11. The van der Waals surface area contributed by atoms with E-state index < -0.39 is 0 Å². The molecule has 0 aliphatic rings. The Morgan fingerprint density at radius 1 is 0.900 bits per heavy atom. The first-order valence-corrected chi connectivity index (χ1v) is 11.8. The van der Waals surface area contributed by atoms with Crippen LogP contribution in [0.2, 0.25) is 0 Å². The lowest BCUT2D eigenvalue weighted by atomic mass is 9.99. The molecule has 0 atom stereocenters. The van der Waals surface area contributed by atoms with E-state index in [1.165, 1.54) is 71.0 Å². The van der Waals surface area contributed by atoms with Gasteiger partial charge in [0, 0.05) is 18.1 Å². The van der Waals surface area contributed by atoms with Gasteiger partial charge in [0.1, 0.15) is 22.8 Å². The third-order valence-corrected chi connectivity index (χ3v) is 5.65. The number of ketones is 1. The number of allylic oxidation sites excluding steroid dienone is 2. The molecule has 0 bridgehead atoms. The van der Waals surface area contributed by atoms with E-state index in [1.54, 1.807) is 6.92 Å². The Labute approximate surface area is 183 Å². The van der Waals surface area contributed by atoms with Crippen molar-refractivity contribution in [2.45, 2.75) is 104 Å². The maximum Gasteiger partial charge on any atom is 0.170 e. The zero-order chi connectivity index (χ0) is 22.2. The first-order valence-electron chi connectivity index (χ1n) is 11.8. The van der Waals surface area contributed by atoms with Crippen LogP contribution in [0, 0.1) is 6.92 Å². The molecule has 30 heavy (non-hydrogen) atoms. The summed E-state index contributed by atoms with van der Waals surface area (Å²) in [7, 11) is 1.43. The lowest BCUT2D eigenvalue weighted by Crippen LogP contribution is -2.04. The van der Waals surface area contributed by atoms with Gasteiger partial charge in [0.2, 0.25) is 0 Å². The minimum Gasteiger partial charge on any atom is -0.507 e. The number of carbonyl (C=O) groups is 1. The highest BCUT2D eigenvalue weighted by molar-refractivity contribution is 6.02. The van der Waals surface area contributed by atoms with Gasteiger partial charge in [0.15, 0.2) is 5.78 Å². The summed E-state index contributed by atoms with van der Waals surface area (Å²) in [5, 5.41) is 20.0. The summed E-state index contributed by atoms with van der Waals surface area (Å²) in [5.41, 5.74) is 0.493. The zero-order valence-electron chi connectivity index (χ0n) is 19.3. The van der Waals surface area contributed by atoms with Crippen LogP contribution in [0.4, 0.5) is 0 Å². The number of hydrogen-bond acceptors (Lipinski definition) is 4. The molecule has 0 fully saturated rings. The molecule has 0 saturated heterocycles. The van der Waals surface area contributed by atoms with Gasteiger partial charge < -0.3 is 14.9 Å². The molecular weight excluding hydrogens is 376 g/mol. The minimum atomic E-state index is -0.176. The molecule has 0 aromatic heterocycles. The number of rotatable bonds is 17. The normalized spacial score (nSPS) is 11.3. The number of ether oxygens (including phenoxy) is 1. The van der Waals surface area contributed by atoms with Crippen LogP contribution < -0.4 is 4.74 Å². The third-order valence-electron chi connectivity index (χ3n) is 5.65. The van der Waals surface area contributed by atoms with E-state index in [0.717, 1.165) is 25.7 Å². The molecule has 0 radical (unpaired) electrons. The monoisotopic (exact) mass is 418 g/mol. The van der Waals surface area contributed by atoms with Crippen LogP contribution in [0.1, 0.15) is 113 Å². The Hall–Kier alpha value is -1.97. The first kappa shape index (κ1) is 26.1. The minimum absolute atomic E-state index is 0.0677. The Balaban J connectivity index is 2.13. The molecule has 0 spiro atoms. The Morgan fingerprint density at radius 3 is 2.00 bits per heavy atom. The lowest BCUT2D eigenvalue weighted by Gasteiger charge is -2.13. The summed E-state index contributed by atoms with van der Waals surface area (Å²) in [4.78, 5) is 12.5. The van der Waals surface area contributed by atoms with Crippen molar-refractivity contribution in [1.29, 1.82) is 0 Å². The summed E-state index contributed by atoms with van der Waals surface area (Å²) in [6.07, 6.45) is 20.8. The molecule has 1 aromatic rings. The Bertz CT molecular complexity index is 649. The average Bonchev–Trinajstić information content (AvgIpc) is 2.74. The number of methoxy groups -OCH3 is 1. The van der Waals surface area contributed by atoms with Crippen molar-refractivity contribution in [2.75, 3.05) is 7.11 Å².